The number of carbonyl (C=O) groups is 2. The number of halogens is 2. The Kier molecular flexibility index (Phi) is 5.75. The molecule has 2 amide bonds. The summed E-state index contributed by atoms with van der Waals surface area (Å²) in [6, 6.07) is 5.93. The van der Waals surface area contributed by atoms with Crippen LogP contribution in [-0.4, -0.2) is 31.2 Å². The maximum atomic E-state index is 13.4. The van der Waals surface area contributed by atoms with Crippen molar-refractivity contribution in [3.8, 4) is 0 Å². The van der Waals surface area contributed by atoms with Crippen LogP contribution in [-0.2, 0) is 0 Å². The van der Waals surface area contributed by atoms with Crippen molar-refractivity contribution in [2.24, 2.45) is 0 Å². The number of hydrogen-bond acceptors (Lipinski definition) is 4. The van der Waals surface area contributed by atoms with E-state index in [0.717, 1.165) is 12.1 Å². The van der Waals surface area contributed by atoms with Crippen molar-refractivity contribution in [3.63, 3.8) is 0 Å². The number of furan rings is 1. The third-order valence-corrected chi connectivity index (χ3v) is 3.50. The number of hydrogen-bond donors (Lipinski definition) is 2. The predicted octanol–water partition coefficient (Wildman–Crippen LogP) is 2.44. The Labute approximate surface area is 135 Å². The molecule has 1 aromatic carbocycles. The van der Waals surface area contributed by atoms with E-state index in [2.05, 4.69) is 10.6 Å². The van der Waals surface area contributed by atoms with Gasteiger partial charge in [-0.15, -0.1) is 0 Å². The van der Waals surface area contributed by atoms with Crippen molar-refractivity contribution >= 4 is 23.6 Å². The van der Waals surface area contributed by atoms with Crippen LogP contribution in [0.15, 0.2) is 39.8 Å². The fourth-order valence-corrected chi connectivity index (χ4v) is 2.14. The first kappa shape index (κ1) is 17.0. The molecule has 2 N–H and O–H groups in total. The van der Waals surface area contributed by atoms with Crippen molar-refractivity contribution in [2.75, 3.05) is 19.3 Å². The highest BCUT2D eigenvalue weighted by atomic mass is 32.2. The Morgan fingerprint density at radius 3 is 2.39 bits per heavy atom. The zero-order valence-electron chi connectivity index (χ0n) is 12.2. The predicted molar refractivity (Wildman–Crippen MR) is 81.5 cm³/mol. The lowest BCUT2D eigenvalue weighted by atomic mass is 10.2. The summed E-state index contributed by atoms with van der Waals surface area (Å²) < 4.78 is 31.4. The van der Waals surface area contributed by atoms with Gasteiger partial charge in [0.05, 0.1) is 5.56 Å². The molecule has 0 unspecified atom stereocenters. The van der Waals surface area contributed by atoms with Gasteiger partial charge in [-0.05, 0) is 30.5 Å². The first-order valence-corrected chi connectivity index (χ1v) is 7.89. The largest absolute Gasteiger partial charge is 0.445 e. The standard InChI is InChI=1S/C15H14F2N2O3S/c1-23-13-5-4-12(22-13)15(21)19-7-6-18-14(20)10-3-2-9(16)8-11(10)17/h2-5,8H,6-7H2,1H3,(H,18,20)(H,19,21). The van der Waals surface area contributed by atoms with Gasteiger partial charge in [-0.25, -0.2) is 8.78 Å². The minimum atomic E-state index is -0.938. The first-order chi connectivity index (χ1) is 11.0. The van der Waals surface area contributed by atoms with Crippen LogP contribution in [0.1, 0.15) is 20.9 Å². The van der Waals surface area contributed by atoms with Crippen LogP contribution in [0.3, 0.4) is 0 Å². The van der Waals surface area contributed by atoms with Gasteiger partial charge in [0.25, 0.3) is 11.8 Å². The van der Waals surface area contributed by atoms with Crippen LogP contribution in [0.25, 0.3) is 0 Å². The second kappa shape index (κ2) is 7.77. The van der Waals surface area contributed by atoms with E-state index >= 15 is 0 Å². The van der Waals surface area contributed by atoms with Crippen molar-refractivity contribution in [1.29, 1.82) is 0 Å². The number of rotatable bonds is 6. The van der Waals surface area contributed by atoms with Gasteiger partial charge in [-0.2, -0.15) is 0 Å². The van der Waals surface area contributed by atoms with E-state index in [-0.39, 0.29) is 24.4 Å². The monoisotopic (exact) mass is 340 g/mol. The van der Waals surface area contributed by atoms with E-state index in [1.807, 2.05) is 6.26 Å². The van der Waals surface area contributed by atoms with E-state index < -0.39 is 23.4 Å². The smallest absolute Gasteiger partial charge is 0.287 e. The fraction of sp³-hybridized carbons (Fsp3) is 0.200. The fourth-order valence-electron chi connectivity index (χ4n) is 1.76. The summed E-state index contributed by atoms with van der Waals surface area (Å²) in [6.07, 6.45) is 1.82. The molecule has 0 atom stereocenters. The van der Waals surface area contributed by atoms with Crippen LogP contribution < -0.4 is 10.6 Å². The van der Waals surface area contributed by atoms with Crippen LogP contribution in [0.5, 0.6) is 0 Å². The van der Waals surface area contributed by atoms with Gasteiger partial charge < -0.3 is 15.1 Å². The number of carbonyl (C=O) groups excluding carboxylic acids is 2. The summed E-state index contributed by atoms with van der Waals surface area (Å²) >= 11 is 1.37. The van der Waals surface area contributed by atoms with Gasteiger partial charge in [0.1, 0.15) is 11.6 Å². The molecule has 0 aliphatic carbocycles. The summed E-state index contributed by atoms with van der Waals surface area (Å²) in [7, 11) is 0. The van der Waals surface area contributed by atoms with Crippen LogP contribution in [0.2, 0.25) is 0 Å². The van der Waals surface area contributed by atoms with Crippen LogP contribution in [0.4, 0.5) is 8.78 Å². The Morgan fingerprint density at radius 1 is 1.09 bits per heavy atom. The second-order valence-corrected chi connectivity index (χ2v) is 5.27. The third-order valence-electron chi connectivity index (χ3n) is 2.88. The molecule has 0 fully saturated rings. The van der Waals surface area contributed by atoms with Gasteiger partial charge in [0.2, 0.25) is 0 Å². The zero-order valence-corrected chi connectivity index (χ0v) is 13.0. The molecule has 0 saturated carbocycles. The van der Waals surface area contributed by atoms with Crippen molar-refractivity contribution in [2.45, 2.75) is 5.09 Å². The van der Waals surface area contributed by atoms with E-state index in [1.54, 1.807) is 12.1 Å². The highest BCUT2D eigenvalue weighted by molar-refractivity contribution is 7.98. The molecule has 2 aromatic rings. The Balaban J connectivity index is 1.78. The summed E-state index contributed by atoms with van der Waals surface area (Å²) in [6.45, 7) is 0.236. The summed E-state index contributed by atoms with van der Waals surface area (Å²) in [5.74, 6) is -2.61. The zero-order chi connectivity index (χ0) is 16.8. The molecule has 5 nitrogen and oxygen atoms in total. The number of amides is 2. The number of thioether (sulfide) groups is 1. The number of benzene rings is 1. The highest BCUT2D eigenvalue weighted by Crippen LogP contribution is 2.17. The van der Waals surface area contributed by atoms with E-state index in [1.165, 1.54) is 11.8 Å². The minimum absolute atomic E-state index is 0.0947. The summed E-state index contributed by atoms with van der Waals surface area (Å²) in [5, 5.41) is 5.61. The van der Waals surface area contributed by atoms with Crippen molar-refractivity contribution in [3.05, 3.63) is 53.3 Å². The van der Waals surface area contributed by atoms with E-state index in [0.29, 0.717) is 11.2 Å². The van der Waals surface area contributed by atoms with E-state index in [4.69, 9.17) is 4.42 Å². The molecular formula is C15H14F2N2O3S. The Hall–Kier alpha value is -2.35. The maximum Gasteiger partial charge on any atom is 0.287 e. The lowest BCUT2D eigenvalue weighted by Crippen LogP contribution is -2.34. The average Bonchev–Trinajstić information content (AvgIpc) is 3.00. The molecule has 23 heavy (non-hydrogen) atoms. The molecule has 8 heteroatoms. The Morgan fingerprint density at radius 2 is 1.78 bits per heavy atom. The first-order valence-electron chi connectivity index (χ1n) is 6.66. The van der Waals surface area contributed by atoms with Gasteiger partial charge >= 0.3 is 0 Å². The quantitative estimate of drug-likeness (QED) is 0.626. The molecule has 0 spiro atoms. The lowest BCUT2D eigenvalue weighted by molar-refractivity contribution is 0.0905. The third kappa shape index (κ3) is 4.56. The normalized spacial score (nSPS) is 10.4. The lowest BCUT2D eigenvalue weighted by Gasteiger charge is -2.07. The molecule has 0 aliphatic rings. The molecule has 0 aliphatic heterocycles. The molecule has 0 saturated heterocycles. The van der Waals surface area contributed by atoms with Crippen molar-refractivity contribution < 1.29 is 22.8 Å². The van der Waals surface area contributed by atoms with Gasteiger partial charge in [0, 0.05) is 19.2 Å². The molecule has 1 heterocycles. The molecule has 0 bridgehead atoms. The van der Waals surface area contributed by atoms with Gasteiger partial charge in [-0.1, -0.05) is 11.8 Å². The topological polar surface area (TPSA) is 71.3 Å². The molecule has 0 radical (unpaired) electrons. The van der Waals surface area contributed by atoms with Gasteiger partial charge in [-0.3, -0.25) is 9.59 Å². The Bertz CT molecular complexity index is 718. The second-order valence-electron chi connectivity index (χ2n) is 4.46. The average molecular weight is 340 g/mol. The number of nitrogens with one attached hydrogen (secondary N) is 2. The van der Waals surface area contributed by atoms with Crippen LogP contribution >= 0.6 is 11.8 Å². The van der Waals surface area contributed by atoms with Crippen LogP contribution in [0, 0.1) is 11.6 Å². The molecule has 2 rings (SSSR count). The summed E-state index contributed by atoms with van der Waals surface area (Å²) in [4.78, 5) is 23.5. The highest BCUT2D eigenvalue weighted by Gasteiger charge is 2.13. The van der Waals surface area contributed by atoms with E-state index in [9.17, 15) is 18.4 Å². The molecule has 122 valence electrons. The SMILES string of the molecule is CSc1ccc(C(=O)NCCNC(=O)c2ccc(F)cc2F)o1. The van der Waals surface area contributed by atoms with Gasteiger partial charge in [0.15, 0.2) is 10.9 Å². The summed E-state index contributed by atoms with van der Waals surface area (Å²) in [5.41, 5.74) is -0.256. The van der Waals surface area contributed by atoms with Crippen molar-refractivity contribution in [1.82, 2.24) is 10.6 Å². The molecule has 1 aromatic heterocycles. The minimum Gasteiger partial charge on any atom is -0.445 e. The molecular weight excluding hydrogens is 326 g/mol. The maximum absolute atomic E-state index is 13.4.